The first-order chi connectivity index (χ1) is 10.6. The average molecular weight is 341 g/mol. The van der Waals surface area contributed by atoms with Crippen LogP contribution in [-0.4, -0.2) is 30.2 Å². The molecule has 0 unspecified atom stereocenters. The number of rotatable bonds is 7. The van der Waals surface area contributed by atoms with Crippen molar-refractivity contribution < 1.29 is 4.74 Å². The first-order valence-electron chi connectivity index (χ1n) is 6.89. The van der Waals surface area contributed by atoms with Gasteiger partial charge < -0.3 is 15.4 Å². The maximum absolute atomic E-state index is 6.15. The summed E-state index contributed by atoms with van der Waals surface area (Å²) in [5, 5.41) is 7.45. The molecule has 2 aromatic rings. The SMILES string of the molecule is COCCCNc1cc(C)nc(Nc2ccc(Cl)cc2Cl)n1. The lowest BCUT2D eigenvalue weighted by atomic mass is 10.3. The fraction of sp³-hybridized carbons (Fsp3) is 0.333. The van der Waals surface area contributed by atoms with Gasteiger partial charge in [0, 0.05) is 37.0 Å². The molecular formula is C15H18Cl2N4O. The van der Waals surface area contributed by atoms with Crippen LogP contribution in [-0.2, 0) is 4.74 Å². The zero-order chi connectivity index (χ0) is 15.9. The van der Waals surface area contributed by atoms with E-state index in [0.717, 1.165) is 24.5 Å². The van der Waals surface area contributed by atoms with Gasteiger partial charge in [-0.1, -0.05) is 23.2 Å². The number of benzene rings is 1. The Morgan fingerprint density at radius 2 is 2.00 bits per heavy atom. The molecule has 118 valence electrons. The third-order valence-corrected chi connectivity index (χ3v) is 3.41. The molecule has 22 heavy (non-hydrogen) atoms. The molecule has 1 aromatic carbocycles. The van der Waals surface area contributed by atoms with E-state index >= 15 is 0 Å². The van der Waals surface area contributed by atoms with Gasteiger partial charge in [0.25, 0.3) is 0 Å². The molecule has 0 amide bonds. The molecule has 0 bridgehead atoms. The van der Waals surface area contributed by atoms with Gasteiger partial charge in [-0.15, -0.1) is 0 Å². The van der Waals surface area contributed by atoms with Crippen molar-refractivity contribution in [1.29, 1.82) is 0 Å². The molecule has 0 atom stereocenters. The number of aromatic nitrogens is 2. The molecule has 2 rings (SSSR count). The summed E-state index contributed by atoms with van der Waals surface area (Å²) >= 11 is 12.0. The molecule has 5 nitrogen and oxygen atoms in total. The van der Waals surface area contributed by atoms with Gasteiger partial charge in [0.1, 0.15) is 5.82 Å². The predicted octanol–water partition coefficient (Wildman–Crippen LogP) is 4.28. The Hall–Kier alpha value is -1.56. The quantitative estimate of drug-likeness (QED) is 0.736. The van der Waals surface area contributed by atoms with Gasteiger partial charge in [-0.25, -0.2) is 4.98 Å². The fourth-order valence-corrected chi connectivity index (χ4v) is 2.32. The fourth-order valence-electron chi connectivity index (χ4n) is 1.86. The summed E-state index contributed by atoms with van der Waals surface area (Å²) in [7, 11) is 1.69. The molecule has 1 heterocycles. The van der Waals surface area contributed by atoms with Gasteiger partial charge in [0.15, 0.2) is 0 Å². The van der Waals surface area contributed by atoms with E-state index in [4.69, 9.17) is 27.9 Å². The van der Waals surface area contributed by atoms with Crippen LogP contribution in [0.15, 0.2) is 24.3 Å². The summed E-state index contributed by atoms with van der Waals surface area (Å²) < 4.78 is 5.02. The second kappa shape index (κ2) is 8.17. The van der Waals surface area contributed by atoms with E-state index in [1.807, 2.05) is 13.0 Å². The normalized spacial score (nSPS) is 10.5. The molecule has 2 N–H and O–H groups in total. The van der Waals surface area contributed by atoms with E-state index in [1.54, 1.807) is 25.3 Å². The predicted molar refractivity (Wildman–Crippen MR) is 91.5 cm³/mol. The highest BCUT2D eigenvalue weighted by atomic mass is 35.5. The van der Waals surface area contributed by atoms with E-state index in [2.05, 4.69) is 20.6 Å². The number of hydrogen-bond donors (Lipinski definition) is 2. The van der Waals surface area contributed by atoms with Gasteiger partial charge in [-0.05, 0) is 31.5 Å². The van der Waals surface area contributed by atoms with E-state index < -0.39 is 0 Å². The Morgan fingerprint density at radius 1 is 1.18 bits per heavy atom. The van der Waals surface area contributed by atoms with Gasteiger partial charge in [-0.2, -0.15) is 4.98 Å². The smallest absolute Gasteiger partial charge is 0.229 e. The summed E-state index contributed by atoms with van der Waals surface area (Å²) in [6.45, 7) is 3.41. The molecule has 0 aliphatic carbocycles. The van der Waals surface area contributed by atoms with Crippen LogP contribution in [0.4, 0.5) is 17.5 Å². The number of methoxy groups -OCH3 is 1. The highest BCUT2D eigenvalue weighted by Gasteiger charge is 2.06. The minimum atomic E-state index is 0.485. The van der Waals surface area contributed by atoms with Crippen molar-refractivity contribution in [3.05, 3.63) is 40.0 Å². The average Bonchev–Trinajstić information content (AvgIpc) is 2.46. The maximum Gasteiger partial charge on any atom is 0.229 e. The van der Waals surface area contributed by atoms with Crippen molar-refractivity contribution in [3.63, 3.8) is 0 Å². The van der Waals surface area contributed by atoms with Gasteiger partial charge >= 0.3 is 0 Å². The lowest BCUT2D eigenvalue weighted by Crippen LogP contribution is -2.08. The lowest BCUT2D eigenvalue weighted by Gasteiger charge is -2.11. The molecule has 1 aromatic heterocycles. The molecule has 0 saturated heterocycles. The third-order valence-electron chi connectivity index (χ3n) is 2.86. The third kappa shape index (κ3) is 5.02. The minimum absolute atomic E-state index is 0.485. The summed E-state index contributed by atoms with van der Waals surface area (Å²) in [5.74, 6) is 1.25. The largest absolute Gasteiger partial charge is 0.385 e. The number of ether oxygens (including phenoxy) is 1. The maximum atomic E-state index is 6.15. The van der Waals surface area contributed by atoms with E-state index in [0.29, 0.717) is 28.3 Å². The van der Waals surface area contributed by atoms with Crippen molar-refractivity contribution in [1.82, 2.24) is 9.97 Å². The standard InChI is InChI=1S/C15H18Cl2N4O/c1-10-8-14(18-6-3-7-22-2)21-15(19-10)20-13-5-4-11(16)9-12(13)17/h4-5,8-9H,3,6-7H2,1-2H3,(H2,18,19,20,21). The summed E-state index contributed by atoms with van der Waals surface area (Å²) in [6, 6.07) is 7.12. The summed E-state index contributed by atoms with van der Waals surface area (Å²) in [6.07, 6.45) is 0.908. The van der Waals surface area contributed by atoms with Crippen LogP contribution in [0.3, 0.4) is 0 Å². The van der Waals surface area contributed by atoms with Crippen LogP contribution < -0.4 is 10.6 Å². The Bertz CT molecular complexity index is 637. The molecule has 0 fully saturated rings. The van der Waals surface area contributed by atoms with Crippen LogP contribution in [0.1, 0.15) is 12.1 Å². The Kier molecular flexibility index (Phi) is 6.24. The molecular weight excluding hydrogens is 323 g/mol. The lowest BCUT2D eigenvalue weighted by molar-refractivity contribution is 0.198. The molecule has 0 radical (unpaired) electrons. The van der Waals surface area contributed by atoms with Crippen LogP contribution in [0.25, 0.3) is 0 Å². The summed E-state index contributed by atoms with van der Waals surface area (Å²) in [5.41, 5.74) is 1.57. The highest BCUT2D eigenvalue weighted by Crippen LogP contribution is 2.27. The van der Waals surface area contributed by atoms with Crippen molar-refractivity contribution >= 4 is 40.7 Å². The van der Waals surface area contributed by atoms with E-state index in [9.17, 15) is 0 Å². The molecule has 7 heteroatoms. The van der Waals surface area contributed by atoms with Crippen molar-refractivity contribution in [2.24, 2.45) is 0 Å². The van der Waals surface area contributed by atoms with Gasteiger partial charge in [-0.3, -0.25) is 0 Å². The van der Waals surface area contributed by atoms with E-state index in [1.165, 1.54) is 0 Å². The van der Waals surface area contributed by atoms with Crippen LogP contribution in [0, 0.1) is 6.92 Å². The molecule has 0 spiro atoms. The monoisotopic (exact) mass is 340 g/mol. The Morgan fingerprint density at radius 3 is 2.73 bits per heavy atom. The molecule has 0 saturated carbocycles. The van der Waals surface area contributed by atoms with Crippen LogP contribution in [0.5, 0.6) is 0 Å². The molecule has 0 aliphatic heterocycles. The van der Waals surface area contributed by atoms with Crippen molar-refractivity contribution in [2.75, 3.05) is 30.9 Å². The van der Waals surface area contributed by atoms with Crippen molar-refractivity contribution in [2.45, 2.75) is 13.3 Å². The second-order valence-electron chi connectivity index (χ2n) is 4.74. The first-order valence-corrected chi connectivity index (χ1v) is 7.64. The highest BCUT2D eigenvalue weighted by molar-refractivity contribution is 6.36. The zero-order valence-corrected chi connectivity index (χ0v) is 14.0. The Labute approximate surface area is 140 Å². The number of nitrogens with one attached hydrogen (secondary N) is 2. The Balaban J connectivity index is 2.08. The number of nitrogens with zero attached hydrogens (tertiary/aromatic N) is 2. The van der Waals surface area contributed by atoms with Crippen LogP contribution >= 0.6 is 23.2 Å². The second-order valence-corrected chi connectivity index (χ2v) is 5.58. The number of aryl methyl sites for hydroxylation is 1. The zero-order valence-electron chi connectivity index (χ0n) is 12.5. The van der Waals surface area contributed by atoms with Gasteiger partial charge in [0.2, 0.25) is 5.95 Å². The van der Waals surface area contributed by atoms with Crippen LogP contribution in [0.2, 0.25) is 10.0 Å². The number of halogens is 2. The topological polar surface area (TPSA) is 59.1 Å². The van der Waals surface area contributed by atoms with E-state index in [-0.39, 0.29) is 0 Å². The van der Waals surface area contributed by atoms with Gasteiger partial charge in [0.05, 0.1) is 10.7 Å². The number of anilines is 3. The minimum Gasteiger partial charge on any atom is -0.385 e. The summed E-state index contributed by atoms with van der Waals surface area (Å²) in [4.78, 5) is 8.78. The molecule has 0 aliphatic rings. The van der Waals surface area contributed by atoms with Crippen molar-refractivity contribution in [3.8, 4) is 0 Å². The number of hydrogen-bond acceptors (Lipinski definition) is 5. The first kappa shape index (κ1) is 16.8.